The minimum atomic E-state index is -4.61. The first-order valence-electron chi connectivity index (χ1n) is 8.49. The maximum absolute atomic E-state index is 13.0. The fourth-order valence-electron chi connectivity index (χ4n) is 3.33. The zero-order valence-electron chi connectivity index (χ0n) is 13.3. The van der Waals surface area contributed by atoms with Gasteiger partial charge in [0.15, 0.2) is 5.69 Å². The van der Waals surface area contributed by atoms with E-state index >= 15 is 0 Å². The number of hydrogen-bond donors (Lipinski definition) is 1. The monoisotopic (exact) mass is 363 g/mol. The van der Waals surface area contributed by atoms with Crippen LogP contribution in [0.4, 0.5) is 13.2 Å². The molecule has 2 aliphatic carbocycles. The number of nitrogens with zero attached hydrogens (tertiary/aromatic N) is 2. The Labute approximate surface area is 143 Å². The highest BCUT2D eigenvalue weighted by Crippen LogP contribution is 2.46. The summed E-state index contributed by atoms with van der Waals surface area (Å²) in [4.78, 5) is 12.3. The quantitative estimate of drug-likeness (QED) is 0.812. The van der Waals surface area contributed by atoms with E-state index in [1.807, 2.05) is 0 Å². The average Bonchev–Trinajstić information content (AvgIpc) is 3.28. The summed E-state index contributed by atoms with van der Waals surface area (Å²) >= 11 is 5.91. The molecule has 134 valence electrons. The summed E-state index contributed by atoms with van der Waals surface area (Å²) < 4.78 is 40.2. The molecule has 1 amide bonds. The molecule has 0 atom stereocenters. The van der Waals surface area contributed by atoms with Crippen LogP contribution in [0.25, 0.3) is 0 Å². The van der Waals surface area contributed by atoms with Crippen LogP contribution in [0, 0.1) is 0 Å². The lowest BCUT2D eigenvalue weighted by Crippen LogP contribution is -2.37. The summed E-state index contributed by atoms with van der Waals surface area (Å²) in [6, 6.07) is 0.109. The Morgan fingerprint density at radius 3 is 2.33 bits per heavy atom. The molecule has 1 heterocycles. The molecular weight excluding hydrogens is 343 g/mol. The van der Waals surface area contributed by atoms with Crippen molar-refractivity contribution in [3.8, 4) is 0 Å². The number of rotatable bonds is 4. The van der Waals surface area contributed by atoms with E-state index in [1.165, 1.54) is 12.8 Å². The van der Waals surface area contributed by atoms with Crippen molar-refractivity contribution in [2.45, 2.75) is 76.0 Å². The second kappa shape index (κ2) is 6.94. The van der Waals surface area contributed by atoms with Gasteiger partial charge in [0.1, 0.15) is 6.54 Å². The van der Waals surface area contributed by atoms with Gasteiger partial charge in [0, 0.05) is 12.0 Å². The van der Waals surface area contributed by atoms with E-state index in [0.29, 0.717) is 5.69 Å². The number of carbonyl (C=O) groups excluding carboxylic acids is 1. The van der Waals surface area contributed by atoms with Crippen LogP contribution in [-0.4, -0.2) is 21.7 Å². The number of hydrogen-bond acceptors (Lipinski definition) is 2. The first-order valence-corrected chi connectivity index (χ1v) is 8.87. The third-order valence-electron chi connectivity index (χ3n) is 4.68. The molecule has 0 radical (unpaired) electrons. The van der Waals surface area contributed by atoms with E-state index in [2.05, 4.69) is 10.4 Å². The summed E-state index contributed by atoms with van der Waals surface area (Å²) in [6.45, 7) is -0.210. The molecule has 1 aromatic heterocycles. The van der Waals surface area contributed by atoms with Gasteiger partial charge in [-0.3, -0.25) is 9.48 Å². The lowest BCUT2D eigenvalue weighted by Gasteiger charge is -2.16. The van der Waals surface area contributed by atoms with Crippen LogP contribution in [-0.2, 0) is 17.5 Å². The highest BCUT2D eigenvalue weighted by atomic mass is 35.5. The molecular formula is C16H21ClF3N3O. The van der Waals surface area contributed by atoms with Crippen molar-refractivity contribution in [3.63, 3.8) is 0 Å². The van der Waals surface area contributed by atoms with E-state index in [4.69, 9.17) is 11.6 Å². The van der Waals surface area contributed by atoms with Gasteiger partial charge in [-0.2, -0.15) is 18.3 Å². The lowest BCUT2D eigenvalue weighted by atomic mass is 10.1. The van der Waals surface area contributed by atoms with Crippen molar-refractivity contribution in [3.05, 3.63) is 16.4 Å². The Kier molecular flexibility index (Phi) is 5.08. The maximum Gasteiger partial charge on any atom is 0.436 e. The van der Waals surface area contributed by atoms with Gasteiger partial charge < -0.3 is 5.32 Å². The zero-order valence-corrected chi connectivity index (χ0v) is 14.1. The summed E-state index contributed by atoms with van der Waals surface area (Å²) in [6.07, 6.45) is 3.30. The highest BCUT2D eigenvalue weighted by Gasteiger charge is 2.42. The fourth-order valence-corrected chi connectivity index (χ4v) is 3.73. The molecule has 2 fully saturated rings. The molecule has 4 nitrogen and oxygen atoms in total. The predicted octanol–water partition coefficient (Wildman–Crippen LogP) is 4.27. The molecule has 3 rings (SSSR count). The number of carbonyl (C=O) groups is 1. The minimum absolute atomic E-state index is 0.0215. The largest absolute Gasteiger partial charge is 0.436 e. The third-order valence-corrected chi connectivity index (χ3v) is 5.05. The molecule has 8 heteroatoms. The highest BCUT2D eigenvalue weighted by molar-refractivity contribution is 6.32. The molecule has 0 aliphatic heterocycles. The second-order valence-electron chi connectivity index (χ2n) is 6.73. The first kappa shape index (κ1) is 17.6. The Hall–Kier alpha value is -1.24. The van der Waals surface area contributed by atoms with Gasteiger partial charge in [-0.25, -0.2) is 0 Å². The van der Waals surface area contributed by atoms with Gasteiger partial charge in [0.05, 0.1) is 10.7 Å². The SMILES string of the molecule is O=C(Cn1nc(C(F)(F)F)c(Cl)c1C1CC1)NC1CCCCCC1. The molecule has 1 N–H and O–H groups in total. The maximum atomic E-state index is 13.0. The minimum Gasteiger partial charge on any atom is -0.352 e. The Morgan fingerprint density at radius 2 is 1.79 bits per heavy atom. The lowest BCUT2D eigenvalue weighted by molar-refractivity contribution is -0.141. The van der Waals surface area contributed by atoms with Crippen LogP contribution >= 0.6 is 11.6 Å². The van der Waals surface area contributed by atoms with Gasteiger partial charge in [-0.05, 0) is 25.7 Å². The Bertz CT molecular complexity index is 602. The van der Waals surface area contributed by atoms with Gasteiger partial charge in [-0.15, -0.1) is 0 Å². The van der Waals surface area contributed by atoms with Crippen molar-refractivity contribution in [1.29, 1.82) is 0 Å². The van der Waals surface area contributed by atoms with Crippen molar-refractivity contribution in [1.82, 2.24) is 15.1 Å². The van der Waals surface area contributed by atoms with Crippen molar-refractivity contribution in [2.24, 2.45) is 0 Å². The van der Waals surface area contributed by atoms with E-state index in [0.717, 1.165) is 43.2 Å². The third kappa shape index (κ3) is 4.05. The molecule has 2 saturated carbocycles. The molecule has 0 aromatic carbocycles. The van der Waals surface area contributed by atoms with E-state index in [1.54, 1.807) is 0 Å². The van der Waals surface area contributed by atoms with Gasteiger partial charge in [-0.1, -0.05) is 37.3 Å². The van der Waals surface area contributed by atoms with Crippen LogP contribution in [0.2, 0.25) is 5.02 Å². The van der Waals surface area contributed by atoms with Gasteiger partial charge >= 0.3 is 6.18 Å². The molecule has 0 spiro atoms. The van der Waals surface area contributed by atoms with Crippen LogP contribution < -0.4 is 5.32 Å². The normalized spacial score (nSPS) is 20.0. The summed E-state index contributed by atoms with van der Waals surface area (Å²) in [5, 5.41) is 6.18. The standard InChI is InChI=1S/C16H21ClF3N3O/c17-13-14(10-7-8-10)23(22-15(13)16(18,19)20)9-12(24)21-11-5-3-1-2-4-6-11/h10-11H,1-9H2,(H,21,24). The average molecular weight is 364 g/mol. The molecule has 0 bridgehead atoms. The van der Waals surface area contributed by atoms with Crippen LogP contribution in [0.15, 0.2) is 0 Å². The first-order chi connectivity index (χ1) is 11.4. The predicted molar refractivity (Wildman–Crippen MR) is 83.8 cm³/mol. The Morgan fingerprint density at radius 1 is 1.17 bits per heavy atom. The van der Waals surface area contributed by atoms with E-state index in [-0.39, 0.29) is 29.4 Å². The topological polar surface area (TPSA) is 46.9 Å². The van der Waals surface area contributed by atoms with Crippen molar-refractivity contribution < 1.29 is 18.0 Å². The summed E-state index contributed by atoms with van der Waals surface area (Å²) in [5.41, 5.74) is -0.742. The molecule has 1 aromatic rings. The van der Waals surface area contributed by atoms with Crippen LogP contribution in [0.3, 0.4) is 0 Å². The number of alkyl halides is 3. The van der Waals surface area contributed by atoms with Gasteiger partial charge in [0.25, 0.3) is 0 Å². The van der Waals surface area contributed by atoms with Crippen LogP contribution in [0.1, 0.15) is 68.7 Å². The molecule has 24 heavy (non-hydrogen) atoms. The number of amides is 1. The van der Waals surface area contributed by atoms with Crippen LogP contribution in [0.5, 0.6) is 0 Å². The molecule has 2 aliphatic rings. The smallest absolute Gasteiger partial charge is 0.352 e. The van der Waals surface area contributed by atoms with Crippen molar-refractivity contribution >= 4 is 17.5 Å². The van der Waals surface area contributed by atoms with Crippen molar-refractivity contribution in [2.75, 3.05) is 0 Å². The van der Waals surface area contributed by atoms with Gasteiger partial charge in [0.2, 0.25) is 5.91 Å². The number of nitrogens with one attached hydrogen (secondary N) is 1. The number of halogens is 4. The Balaban J connectivity index is 1.73. The zero-order chi connectivity index (χ0) is 17.3. The molecule has 0 unspecified atom stereocenters. The second-order valence-corrected chi connectivity index (χ2v) is 7.11. The van der Waals surface area contributed by atoms with E-state index in [9.17, 15) is 18.0 Å². The number of aromatic nitrogens is 2. The fraction of sp³-hybridized carbons (Fsp3) is 0.750. The summed E-state index contributed by atoms with van der Waals surface area (Å²) in [5.74, 6) is -0.316. The molecule has 0 saturated heterocycles. The summed E-state index contributed by atoms with van der Waals surface area (Å²) in [7, 11) is 0. The van der Waals surface area contributed by atoms with E-state index < -0.39 is 11.9 Å².